The second kappa shape index (κ2) is 8.86. The fourth-order valence-electron chi connectivity index (χ4n) is 2.76. The predicted octanol–water partition coefficient (Wildman–Crippen LogP) is 0.763. The van der Waals surface area contributed by atoms with Crippen LogP contribution in [0.1, 0.15) is 33.1 Å². The normalized spacial score (nSPS) is 20.5. The van der Waals surface area contributed by atoms with E-state index in [0.717, 1.165) is 25.6 Å². The molecule has 0 aromatic rings. The molecule has 18 heavy (non-hydrogen) atoms. The molecule has 1 fully saturated rings. The molecule has 4 heteroatoms. The molecule has 0 spiro atoms. The molecule has 1 saturated heterocycles. The third-order valence-electron chi connectivity index (χ3n) is 4.17. The number of piperidine rings is 1. The first-order valence-electron chi connectivity index (χ1n) is 7.48. The minimum Gasteiger partial charge on any atom is -0.395 e. The van der Waals surface area contributed by atoms with Gasteiger partial charge in [-0.25, -0.2) is 0 Å². The van der Waals surface area contributed by atoms with Crippen LogP contribution in [0.5, 0.6) is 0 Å². The van der Waals surface area contributed by atoms with E-state index in [1.807, 2.05) is 0 Å². The van der Waals surface area contributed by atoms with Crippen molar-refractivity contribution in [2.24, 2.45) is 0 Å². The van der Waals surface area contributed by atoms with Gasteiger partial charge >= 0.3 is 0 Å². The highest BCUT2D eigenvalue weighted by Crippen LogP contribution is 2.15. The summed E-state index contributed by atoms with van der Waals surface area (Å²) >= 11 is 0. The number of likely N-dealkylation sites (N-methyl/N-ethyl adjacent to an activating group) is 1. The molecule has 0 saturated carbocycles. The number of likely N-dealkylation sites (tertiary alicyclic amines) is 1. The molecule has 0 aromatic carbocycles. The third-order valence-corrected chi connectivity index (χ3v) is 4.17. The predicted molar refractivity (Wildman–Crippen MR) is 76.9 cm³/mol. The van der Waals surface area contributed by atoms with Crippen molar-refractivity contribution in [3.05, 3.63) is 0 Å². The zero-order chi connectivity index (χ0) is 13.4. The minimum absolute atomic E-state index is 0.246. The van der Waals surface area contributed by atoms with Crippen molar-refractivity contribution < 1.29 is 5.11 Å². The molecule has 1 aliphatic heterocycles. The molecular weight excluding hydrogens is 226 g/mol. The third kappa shape index (κ3) is 5.22. The molecule has 1 heterocycles. The molecule has 0 bridgehead atoms. The summed E-state index contributed by atoms with van der Waals surface area (Å²) in [6.45, 7) is 10.3. The highest BCUT2D eigenvalue weighted by atomic mass is 16.3. The van der Waals surface area contributed by atoms with E-state index in [4.69, 9.17) is 0 Å². The smallest absolute Gasteiger partial charge is 0.0585 e. The Hall–Kier alpha value is -0.160. The average molecular weight is 257 g/mol. The molecule has 0 radical (unpaired) electrons. The Morgan fingerprint density at radius 2 is 2.00 bits per heavy atom. The molecule has 1 atom stereocenters. The van der Waals surface area contributed by atoms with Gasteiger partial charge in [0.2, 0.25) is 0 Å². The zero-order valence-corrected chi connectivity index (χ0v) is 12.4. The van der Waals surface area contributed by atoms with Gasteiger partial charge in [-0.1, -0.05) is 13.8 Å². The van der Waals surface area contributed by atoms with Gasteiger partial charge in [0, 0.05) is 12.1 Å². The monoisotopic (exact) mass is 257 g/mol. The Morgan fingerprint density at radius 1 is 1.33 bits per heavy atom. The minimum atomic E-state index is 0.246. The molecule has 0 aliphatic carbocycles. The Bertz CT molecular complexity index is 205. The number of nitrogens with zero attached hydrogens (tertiary/aromatic N) is 2. The van der Waals surface area contributed by atoms with Crippen LogP contribution in [0.2, 0.25) is 0 Å². The lowest BCUT2D eigenvalue weighted by Crippen LogP contribution is -2.45. The lowest BCUT2D eigenvalue weighted by atomic mass is 10.0. The van der Waals surface area contributed by atoms with Gasteiger partial charge < -0.3 is 20.2 Å². The van der Waals surface area contributed by atoms with Gasteiger partial charge in [-0.3, -0.25) is 0 Å². The van der Waals surface area contributed by atoms with E-state index in [2.05, 4.69) is 36.0 Å². The summed E-state index contributed by atoms with van der Waals surface area (Å²) in [5.74, 6) is 0. The zero-order valence-electron chi connectivity index (χ0n) is 12.4. The number of hydrogen-bond donors (Lipinski definition) is 2. The molecule has 1 unspecified atom stereocenters. The molecule has 2 N–H and O–H groups in total. The number of nitrogens with one attached hydrogen (secondary N) is 1. The molecule has 1 rings (SSSR count). The van der Waals surface area contributed by atoms with E-state index >= 15 is 0 Å². The lowest BCUT2D eigenvalue weighted by Gasteiger charge is -2.36. The van der Waals surface area contributed by atoms with Crippen molar-refractivity contribution in [3.8, 4) is 0 Å². The molecule has 1 aliphatic rings. The standard InChI is InChI=1S/C14H31N3O/c1-4-15-13(12-18)6-9-16(3)14-7-10-17(5-2)11-8-14/h13-15,18H,4-12H2,1-3H3. The van der Waals surface area contributed by atoms with Crippen LogP contribution in [0.4, 0.5) is 0 Å². The maximum atomic E-state index is 9.26. The average Bonchev–Trinajstić information content (AvgIpc) is 2.43. The van der Waals surface area contributed by atoms with Gasteiger partial charge in [0.05, 0.1) is 6.61 Å². The lowest BCUT2D eigenvalue weighted by molar-refractivity contribution is 0.124. The van der Waals surface area contributed by atoms with Crippen LogP contribution in [0.3, 0.4) is 0 Å². The van der Waals surface area contributed by atoms with Gasteiger partial charge in [0.15, 0.2) is 0 Å². The fourth-order valence-corrected chi connectivity index (χ4v) is 2.76. The maximum absolute atomic E-state index is 9.26. The van der Waals surface area contributed by atoms with Crippen LogP contribution in [0.15, 0.2) is 0 Å². The van der Waals surface area contributed by atoms with Crippen molar-refractivity contribution in [2.45, 2.75) is 45.2 Å². The highest BCUT2D eigenvalue weighted by Gasteiger charge is 2.21. The number of rotatable bonds is 8. The van der Waals surface area contributed by atoms with Crippen LogP contribution in [-0.4, -0.2) is 73.4 Å². The van der Waals surface area contributed by atoms with E-state index < -0.39 is 0 Å². The number of aliphatic hydroxyl groups excluding tert-OH is 1. The van der Waals surface area contributed by atoms with Crippen LogP contribution < -0.4 is 5.32 Å². The van der Waals surface area contributed by atoms with Gasteiger partial charge in [-0.15, -0.1) is 0 Å². The van der Waals surface area contributed by atoms with E-state index in [1.165, 1.54) is 32.5 Å². The Kier molecular flexibility index (Phi) is 7.82. The SMILES string of the molecule is CCNC(CO)CCN(C)C1CCN(CC)CC1. The largest absolute Gasteiger partial charge is 0.395 e. The van der Waals surface area contributed by atoms with Crippen LogP contribution in [-0.2, 0) is 0 Å². The van der Waals surface area contributed by atoms with Crippen molar-refractivity contribution in [2.75, 3.05) is 46.4 Å². The van der Waals surface area contributed by atoms with Gasteiger partial charge in [-0.05, 0) is 59.0 Å². The number of hydrogen-bond acceptors (Lipinski definition) is 4. The first kappa shape index (κ1) is 15.9. The summed E-state index contributed by atoms with van der Waals surface area (Å²) < 4.78 is 0. The quantitative estimate of drug-likeness (QED) is 0.673. The van der Waals surface area contributed by atoms with Gasteiger partial charge in [-0.2, -0.15) is 0 Å². The first-order chi connectivity index (χ1) is 8.71. The summed E-state index contributed by atoms with van der Waals surface area (Å²) in [6, 6.07) is 0.988. The summed E-state index contributed by atoms with van der Waals surface area (Å²) in [4.78, 5) is 5.01. The molecule has 108 valence electrons. The molecule has 0 amide bonds. The summed E-state index contributed by atoms with van der Waals surface area (Å²) in [6.07, 6.45) is 3.61. The maximum Gasteiger partial charge on any atom is 0.0585 e. The van der Waals surface area contributed by atoms with Crippen molar-refractivity contribution in [1.82, 2.24) is 15.1 Å². The second-order valence-corrected chi connectivity index (χ2v) is 5.37. The van der Waals surface area contributed by atoms with Crippen molar-refractivity contribution in [3.63, 3.8) is 0 Å². The molecular formula is C14H31N3O. The number of aliphatic hydroxyl groups is 1. The van der Waals surface area contributed by atoms with Gasteiger partial charge in [0.25, 0.3) is 0 Å². The van der Waals surface area contributed by atoms with Crippen LogP contribution in [0, 0.1) is 0 Å². The summed E-state index contributed by atoms with van der Waals surface area (Å²) in [5.41, 5.74) is 0. The molecule has 4 nitrogen and oxygen atoms in total. The van der Waals surface area contributed by atoms with Gasteiger partial charge in [0.1, 0.15) is 0 Å². The van der Waals surface area contributed by atoms with E-state index in [0.29, 0.717) is 0 Å². The van der Waals surface area contributed by atoms with E-state index in [1.54, 1.807) is 0 Å². The van der Waals surface area contributed by atoms with Crippen molar-refractivity contribution in [1.29, 1.82) is 0 Å². The Balaban J connectivity index is 2.22. The van der Waals surface area contributed by atoms with Crippen molar-refractivity contribution >= 4 is 0 Å². The van der Waals surface area contributed by atoms with E-state index in [-0.39, 0.29) is 12.6 Å². The second-order valence-electron chi connectivity index (χ2n) is 5.37. The van der Waals surface area contributed by atoms with Crippen LogP contribution in [0.25, 0.3) is 0 Å². The Morgan fingerprint density at radius 3 is 2.50 bits per heavy atom. The first-order valence-corrected chi connectivity index (χ1v) is 7.48. The highest BCUT2D eigenvalue weighted by molar-refractivity contribution is 4.78. The Labute approximate surface area is 112 Å². The topological polar surface area (TPSA) is 38.7 Å². The summed E-state index contributed by atoms with van der Waals surface area (Å²) in [7, 11) is 2.23. The van der Waals surface area contributed by atoms with E-state index in [9.17, 15) is 5.11 Å². The fraction of sp³-hybridized carbons (Fsp3) is 1.00. The van der Waals surface area contributed by atoms with Crippen LogP contribution >= 0.6 is 0 Å². The molecule has 0 aromatic heterocycles. The summed E-state index contributed by atoms with van der Waals surface area (Å²) in [5, 5.41) is 12.6.